The molecule has 4 rings (SSSR count). The summed E-state index contributed by atoms with van der Waals surface area (Å²) >= 11 is 0. The van der Waals surface area contributed by atoms with Gasteiger partial charge in [0.2, 0.25) is 0 Å². The SMILES string of the molecule is COc1ccc2c3c1O[C@H]1C[C@@H](O)C=C(C)[C@@]31C(C)CN(C)C2. The Morgan fingerprint density at radius 1 is 1.39 bits per heavy atom. The fourth-order valence-corrected chi connectivity index (χ4v) is 5.18. The highest BCUT2D eigenvalue weighted by Crippen LogP contribution is 2.59. The van der Waals surface area contributed by atoms with Crippen molar-refractivity contribution < 1.29 is 14.6 Å². The Morgan fingerprint density at radius 2 is 2.17 bits per heavy atom. The molecule has 0 saturated carbocycles. The van der Waals surface area contributed by atoms with Crippen molar-refractivity contribution in [3.63, 3.8) is 0 Å². The van der Waals surface area contributed by atoms with Gasteiger partial charge < -0.3 is 19.5 Å². The first-order valence-corrected chi connectivity index (χ1v) is 8.41. The molecule has 0 aromatic heterocycles. The van der Waals surface area contributed by atoms with Crippen molar-refractivity contribution in [2.45, 2.75) is 44.4 Å². The van der Waals surface area contributed by atoms with Crippen LogP contribution in [0.5, 0.6) is 11.5 Å². The van der Waals surface area contributed by atoms with Gasteiger partial charge in [0.25, 0.3) is 0 Å². The predicted molar refractivity (Wildman–Crippen MR) is 89.0 cm³/mol. The summed E-state index contributed by atoms with van der Waals surface area (Å²) in [6.45, 7) is 6.40. The number of hydrogen-bond acceptors (Lipinski definition) is 4. The summed E-state index contributed by atoms with van der Waals surface area (Å²) in [5, 5.41) is 10.2. The van der Waals surface area contributed by atoms with Crippen molar-refractivity contribution in [1.29, 1.82) is 0 Å². The number of benzene rings is 1. The largest absolute Gasteiger partial charge is 0.493 e. The van der Waals surface area contributed by atoms with Crippen LogP contribution in [0.1, 0.15) is 31.4 Å². The van der Waals surface area contributed by atoms with Gasteiger partial charge in [-0.2, -0.15) is 0 Å². The lowest BCUT2D eigenvalue weighted by atomic mass is 9.60. The molecule has 4 nitrogen and oxygen atoms in total. The molecule has 1 N–H and O–H groups in total. The van der Waals surface area contributed by atoms with Gasteiger partial charge >= 0.3 is 0 Å². The summed E-state index contributed by atoms with van der Waals surface area (Å²) in [7, 11) is 3.87. The Bertz CT molecular complexity index is 683. The molecule has 4 atom stereocenters. The van der Waals surface area contributed by atoms with E-state index in [1.165, 1.54) is 16.7 Å². The molecule has 0 amide bonds. The van der Waals surface area contributed by atoms with Crippen molar-refractivity contribution in [2.24, 2.45) is 5.92 Å². The van der Waals surface area contributed by atoms with Crippen molar-refractivity contribution in [1.82, 2.24) is 4.90 Å². The molecule has 124 valence electrons. The average molecular weight is 315 g/mol. The van der Waals surface area contributed by atoms with Gasteiger partial charge in [0, 0.05) is 25.1 Å². The number of rotatable bonds is 1. The summed E-state index contributed by atoms with van der Waals surface area (Å²) in [6.07, 6.45) is 2.22. The fraction of sp³-hybridized carbons (Fsp3) is 0.579. The highest BCUT2D eigenvalue weighted by atomic mass is 16.5. The van der Waals surface area contributed by atoms with E-state index < -0.39 is 6.10 Å². The zero-order chi connectivity index (χ0) is 16.4. The minimum atomic E-state index is -0.428. The summed E-state index contributed by atoms with van der Waals surface area (Å²) in [4.78, 5) is 2.38. The quantitative estimate of drug-likeness (QED) is 0.809. The number of aliphatic hydroxyl groups is 1. The Labute approximate surface area is 137 Å². The van der Waals surface area contributed by atoms with Crippen LogP contribution in [0.2, 0.25) is 0 Å². The van der Waals surface area contributed by atoms with Gasteiger partial charge in [-0.25, -0.2) is 0 Å². The zero-order valence-electron chi connectivity index (χ0n) is 14.3. The highest BCUT2D eigenvalue weighted by molar-refractivity contribution is 5.62. The second-order valence-corrected chi connectivity index (χ2v) is 7.36. The highest BCUT2D eigenvalue weighted by Gasteiger charge is 2.58. The van der Waals surface area contributed by atoms with Crippen molar-refractivity contribution in [2.75, 3.05) is 20.7 Å². The third kappa shape index (κ3) is 1.85. The number of nitrogens with zero attached hydrogens (tertiary/aromatic N) is 1. The Kier molecular flexibility index (Phi) is 3.26. The van der Waals surface area contributed by atoms with Crippen LogP contribution in [0, 0.1) is 5.92 Å². The second kappa shape index (κ2) is 4.99. The standard InChI is InChI=1S/C19H25NO3/c1-11-7-14(21)8-16-19(11)12(2)9-20(3)10-13-5-6-15(22-4)18(23-16)17(13)19/h5-7,12,14,16,21H,8-10H2,1-4H3/t12?,14-,16-,19-/m0/s1. The second-order valence-electron chi connectivity index (χ2n) is 7.36. The van der Waals surface area contributed by atoms with Gasteiger partial charge in [-0.15, -0.1) is 0 Å². The summed E-state index contributed by atoms with van der Waals surface area (Å²) in [6, 6.07) is 4.19. The van der Waals surface area contributed by atoms with E-state index in [1.54, 1.807) is 7.11 Å². The van der Waals surface area contributed by atoms with E-state index in [4.69, 9.17) is 9.47 Å². The molecule has 1 aliphatic carbocycles. The first-order chi connectivity index (χ1) is 11.0. The normalized spacial score (nSPS) is 35.7. The van der Waals surface area contributed by atoms with Crippen LogP contribution >= 0.6 is 0 Å². The van der Waals surface area contributed by atoms with E-state index in [0.717, 1.165) is 24.6 Å². The molecule has 0 bridgehead atoms. The number of methoxy groups -OCH3 is 1. The van der Waals surface area contributed by atoms with Crippen LogP contribution < -0.4 is 9.47 Å². The number of aliphatic hydroxyl groups excluding tert-OH is 1. The molecule has 2 aliphatic heterocycles. The maximum Gasteiger partial charge on any atom is 0.166 e. The van der Waals surface area contributed by atoms with Crippen molar-refractivity contribution in [3.8, 4) is 11.5 Å². The first kappa shape index (κ1) is 15.0. The lowest BCUT2D eigenvalue weighted by molar-refractivity contribution is 0.0556. The molecule has 3 aliphatic rings. The van der Waals surface area contributed by atoms with Crippen LogP contribution in [0.3, 0.4) is 0 Å². The molecule has 1 spiro atoms. The van der Waals surface area contributed by atoms with Crippen LogP contribution in [-0.4, -0.2) is 42.9 Å². The summed E-state index contributed by atoms with van der Waals surface area (Å²) in [5.41, 5.74) is 3.69. The van der Waals surface area contributed by atoms with Crippen LogP contribution in [0.15, 0.2) is 23.8 Å². The van der Waals surface area contributed by atoms with Gasteiger partial charge in [-0.05, 0) is 31.5 Å². The fourth-order valence-electron chi connectivity index (χ4n) is 5.18. The smallest absolute Gasteiger partial charge is 0.166 e. The van der Waals surface area contributed by atoms with Gasteiger partial charge in [0.15, 0.2) is 11.5 Å². The summed E-state index contributed by atoms with van der Waals surface area (Å²) in [5.74, 6) is 2.10. The molecule has 23 heavy (non-hydrogen) atoms. The average Bonchev–Trinajstić information content (AvgIpc) is 2.77. The van der Waals surface area contributed by atoms with Gasteiger partial charge in [-0.1, -0.05) is 24.6 Å². The van der Waals surface area contributed by atoms with Crippen molar-refractivity contribution >= 4 is 0 Å². The van der Waals surface area contributed by atoms with Crippen molar-refractivity contribution in [3.05, 3.63) is 34.9 Å². The third-order valence-electron chi connectivity index (χ3n) is 5.96. The van der Waals surface area contributed by atoms with Gasteiger partial charge in [0.1, 0.15) is 6.10 Å². The van der Waals surface area contributed by atoms with E-state index >= 15 is 0 Å². The molecular weight excluding hydrogens is 290 g/mol. The molecule has 0 saturated heterocycles. The molecule has 4 heteroatoms. The molecule has 2 heterocycles. The number of ether oxygens (including phenoxy) is 2. The molecule has 0 fully saturated rings. The zero-order valence-corrected chi connectivity index (χ0v) is 14.3. The maximum atomic E-state index is 10.2. The lowest BCUT2D eigenvalue weighted by Crippen LogP contribution is -2.50. The molecule has 0 radical (unpaired) electrons. The first-order valence-electron chi connectivity index (χ1n) is 8.41. The molecule has 1 aromatic rings. The maximum absolute atomic E-state index is 10.2. The Balaban J connectivity index is 2.04. The van der Waals surface area contributed by atoms with Gasteiger partial charge in [0.05, 0.1) is 18.6 Å². The number of hydrogen-bond donors (Lipinski definition) is 1. The van der Waals surface area contributed by atoms with Gasteiger partial charge in [-0.3, -0.25) is 0 Å². The Morgan fingerprint density at radius 3 is 2.91 bits per heavy atom. The molecular formula is C19H25NO3. The van der Waals surface area contributed by atoms with E-state index in [9.17, 15) is 5.11 Å². The predicted octanol–water partition coefficient (Wildman–Crippen LogP) is 2.49. The third-order valence-corrected chi connectivity index (χ3v) is 5.96. The van der Waals surface area contributed by atoms with E-state index in [0.29, 0.717) is 12.3 Å². The van der Waals surface area contributed by atoms with Crippen LogP contribution in [-0.2, 0) is 12.0 Å². The van der Waals surface area contributed by atoms with Crippen LogP contribution in [0.4, 0.5) is 0 Å². The summed E-state index contributed by atoms with van der Waals surface area (Å²) < 4.78 is 12.0. The van der Waals surface area contributed by atoms with E-state index in [-0.39, 0.29) is 11.5 Å². The monoisotopic (exact) mass is 315 g/mol. The van der Waals surface area contributed by atoms with E-state index in [1.807, 2.05) is 12.1 Å². The van der Waals surface area contributed by atoms with Crippen LogP contribution in [0.25, 0.3) is 0 Å². The molecule has 1 unspecified atom stereocenters. The minimum absolute atomic E-state index is 0.0194. The molecule has 1 aromatic carbocycles. The Hall–Kier alpha value is -1.52. The topological polar surface area (TPSA) is 41.9 Å². The minimum Gasteiger partial charge on any atom is -0.493 e. The lowest BCUT2D eigenvalue weighted by Gasteiger charge is -2.44. The van der Waals surface area contributed by atoms with E-state index in [2.05, 4.69) is 31.9 Å².